The molecule has 0 unspecified atom stereocenters. The van der Waals surface area contributed by atoms with Gasteiger partial charge >= 0.3 is 0 Å². The van der Waals surface area contributed by atoms with Crippen molar-refractivity contribution in [3.8, 4) is 87.3 Å². The molecule has 2 aliphatic heterocycles. The van der Waals surface area contributed by atoms with Crippen molar-refractivity contribution >= 4 is 130 Å². The SMILES string of the molecule is c1cc2c(c(-c3cc4ccccc4s3)c1)-c1nc-2nc2[nH]c(nc3nc(nc4[nH]c(n1)c1cccc(-c5cc6ccccc6s5)c41)-c1cccc(-c4cc5ccccc5s4)c1-3)c1cccc(-c3cc4ccccc4s3)c21. The number of benzene rings is 8. The lowest BCUT2D eigenvalue weighted by molar-refractivity contribution is 1.19. The van der Waals surface area contributed by atoms with E-state index in [1.165, 1.54) is 40.3 Å². The van der Waals surface area contributed by atoms with Crippen LogP contribution in [-0.2, 0) is 0 Å². The fourth-order valence-corrected chi connectivity index (χ4v) is 15.6. The standard InChI is InChI=1S/C64H34N8S4/c1-5-25-45-33(13-1)29-49(73-45)37-17-9-21-41-53(37)61-65-57(41)70-62-55-39(51-31-35-15-3-7-27-47(35)75-51)19-11-23-43(55)59(67-62)72-64-56-40(52-32-36-16-4-8-28-48(36)76-52)20-12-24-44(56)60(68-64)71-63-54-38(18-10-22-42(54)58(66-63)69-61)50-30-34-14-2-6-26-46(34)74-50/h1-32H,(H2,65,66,67,68,69,70,71,72). The number of aromatic nitrogens is 8. The van der Waals surface area contributed by atoms with Crippen LogP contribution in [0.1, 0.15) is 0 Å². The van der Waals surface area contributed by atoms with Gasteiger partial charge in [0.2, 0.25) is 0 Å². The van der Waals surface area contributed by atoms with Gasteiger partial charge in [0.05, 0.1) is 0 Å². The topological polar surface area (TPSA) is 109 Å². The molecule has 12 heteroatoms. The van der Waals surface area contributed by atoms with Crippen LogP contribution in [0.5, 0.6) is 0 Å². The molecule has 2 aliphatic rings. The molecular formula is C64H34N8S4. The van der Waals surface area contributed by atoms with Crippen LogP contribution < -0.4 is 0 Å². The smallest absolute Gasteiger partial charge is 0.165 e. The van der Waals surface area contributed by atoms with E-state index in [4.69, 9.17) is 29.9 Å². The molecule has 354 valence electrons. The van der Waals surface area contributed by atoms with Crippen LogP contribution in [0.4, 0.5) is 0 Å². The number of rotatable bonds is 4. The van der Waals surface area contributed by atoms with E-state index in [1.807, 2.05) is 0 Å². The Balaban J connectivity index is 1.03. The molecular weight excluding hydrogens is 1010 g/mol. The van der Waals surface area contributed by atoms with Crippen molar-refractivity contribution in [2.75, 3.05) is 0 Å². The summed E-state index contributed by atoms with van der Waals surface area (Å²) in [6, 6.07) is 69.0. The number of fused-ring (bicyclic) bond motifs is 24. The molecule has 7 aromatic heterocycles. The zero-order valence-corrected chi connectivity index (χ0v) is 43.1. The molecule has 0 amide bonds. The van der Waals surface area contributed by atoms with Crippen molar-refractivity contribution in [1.29, 1.82) is 0 Å². The molecule has 8 aromatic carbocycles. The lowest BCUT2D eigenvalue weighted by Crippen LogP contribution is -1.86. The van der Waals surface area contributed by atoms with Crippen LogP contribution in [0.15, 0.2) is 194 Å². The zero-order chi connectivity index (χ0) is 49.6. The van der Waals surface area contributed by atoms with Crippen molar-refractivity contribution < 1.29 is 0 Å². The van der Waals surface area contributed by atoms with Gasteiger partial charge in [0, 0.05) is 104 Å². The lowest BCUT2D eigenvalue weighted by atomic mass is 10.00. The van der Waals surface area contributed by atoms with Crippen LogP contribution in [0.3, 0.4) is 0 Å². The summed E-state index contributed by atoms with van der Waals surface area (Å²) in [6.45, 7) is 0. The Labute approximate surface area is 448 Å². The monoisotopic (exact) mass is 1040 g/mol. The summed E-state index contributed by atoms with van der Waals surface area (Å²) >= 11 is 7.09. The van der Waals surface area contributed by atoms with E-state index in [1.54, 1.807) is 45.3 Å². The van der Waals surface area contributed by atoms with Gasteiger partial charge in [-0.2, -0.15) is 0 Å². The quantitative estimate of drug-likeness (QED) is 0.182. The molecule has 0 atom stereocenters. The van der Waals surface area contributed by atoms with Crippen molar-refractivity contribution in [3.05, 3.63) is 194 Å². The number of aromatic amines is 2. The molecule has 17 rings (SSSR count). The second kappa shape index (κ2) is 16.2. The van der Waals surface area contributed by atoms with E-state index < -0.39 is 0 Å². The molecule has 0 saturated heterocycles. The normalized spacial score (nSPS) is 12.2. The van der Waals surface area contributed by atoms with Crippen molar-refractivity contribution in [2.45, 2.75) is 0 Å². The van der Waals surface area contributed by atoms with Gasteiger partial charge in [0.15, 0.2) is 23.3 Å². The molecule has 8 nitrogen and oxygen atoms in total. The summed E-state index contributed by atoms with van der Waals surface area (Å²) in [5.74, 6) is 2.24. The highest BCUT2D eigenvalue weighted by Gasteiger charge is 2.28. The number of hydrogen-bond acceptors (Lipinski definition) is 10. The molecule has 0 aliphatic carbocycles. The maximum absolute atomic E-state index is 5.61. The molecule has 2 N–H and O–H groups in total. The second-order valence-electron chi connectivity index (χ2n) is 19.1. The average Bonchev–Trinajstić information content (AvgIpc) is 4.36. The third-order valence-electron chi connectivity index (χ3n) is 14.7. The predicted molar refractivity (Wildman–Crippen MR) is 319 cm³/mol. The number of hydrogen-bond donors (Lipinski definition) is 2. The van der Waals surface area contributed by atoms with Crippen molar-refractivity contribution in [1.82, 2.24) is 39.9 Å². The molecule has 9 heterocycles. The number of nitrogens with zero attached hydrogens (tertiary/aromatic N) is 6. The van der Waals surface area contributed by atoms with E-state index >= 15 is 0 Å². The van der Waals surface area contributed by atoms with E-state index in [-0.39, 0.29) is 0 Å². The fraction of sp³-hybridized carbons (Fsp3) is 0. The van der Waals surface area contributed by atoms with Crippen LogP contribution in [0.2, 0.25) is 0 Å². The van der Waals surface area contributed by atoms with Gasteiger partial charge < -0.3 is 9.97 Å². The third-order valence-corrected chi connectivity index (χ3v) is 19.3. The molecule has 0 saturated carbocycles. The largest absolute Gasteiger partial charge is 0.324 e. The minimum absolute atomic E-state index is 0.558. The molecule has 0 radical (unpaired) electrons. The summed E-state index contributed by atoms with van der Waals surface area (Å²) in [6.07, 6.45) is 0. The first-order valence-electron chi connectivity index (χ1n) is 24.9. The van der Waals surface area contributed by atoms with Crippen LogP contribution in [0, 0.1) is 0 Å². The Hall–Kier alpha value is -9.04. The van der Waals surface area contributed by atoms with Crippen molar-refractivity contribution in [3.63, 3.8) is 0 Å². The van der Waals surface area contributed by atoms with Crippen LogP contribution >= 0.6 is 45.3 Å². The average molecular weight is 1040 g/mol. The first kappa shape index (κ1) is 42.3. The van der Waals surface area contributed by atoms with Crippen LogP contribution in [0.25, 0.3) is 172 Å². The fourth-order valence-electron chi connectivity index (χ4n) is 11.3. The molecule has 15 aromatic rings. The van der Waals surface area contributed by atoms with E-state index in [2.05, 4.69) is 204 Å². The maximum atomic E-state index is 5.61. The first-order valence-corrected chi connectivity index (χ1v) is 28.2. The van der Waals surface area contributed by atoms with Gasteiger partial charge in [0.25, 0.3) is 0 Å². The summed E-state index contributed by atoms with van der Waals surface area (Å²) in [5.41, 5.74) is 10.4. The minimum atomic E-state index is 0.558. The highest BCUT2D eigenvalue weighted by molar-refractivity contribution is 7.23. The minimum Gasteiger partial charge on any atom is -0.324 e. The number of H-pyrrole nitrogens is 2. The van der Waals surface area contributed by atoms with Crippen LogP contribution in [-0.4, -0.2) is 39.9 Å². The van der Waals surface area contributed by atoms with Gasteiger partial charge in [-0.15, -0.1) is 45.3 Å². The van der Waals surface area contributed by atoms with Gasteiger partial charge in [-0.3, -0.25) is 0 Å². The Bertz CT molecular complexity index is 4710. The maximum Gasteiger partial charge on any atom is 0.165 e. The second-order valence-corrected chi connectivity index (χ2v) is 23.5. The highest BCUT2D eigenvalue weighted by Crippen LogP contribution is 2.49. The Morgan fingerprint density at radius 3 is 0.961 bits per heavy atom. The summed E-state index contributed by atoms with van der Waals surface area (Å²) < 4.78 is 4.87. The summed E-state index contributed by atoms with van der Waals surface area (Å²) in [7, 11) is 0. The number of thiophene rings is 4. The Kier molecular flexibility index (Phi) is 9.04. The van der Waals surface area contributed by atoms with E-state index in [0.29, 0.717) is 45.9 Å². The highest BCUT2D eigenvalue weighted by atomic mass is 32.1. The van der Waals surface area contributed by atoms with Gasteiger partial charge in [-0.25, -0.2) is 29.9 Å². The molecule has 8 bridgehead atoms. The lowest BCUT2D eigenvalue weighted by Gasteiger charge is -2.06. The summed E-state index contributed by atoms with van der Waals surface area (Å²) in [5, 5.41) is 8.52. The van der Waals surface area contributed by atoms with Gasteiger partial charge in [0.1, 0.15) is 22.6 Å². The number of nitrogens with one attached hydrogen (secondary N) is 2. The molecule has 76 heavy (non-hydrogen) atoms. The predicted octanol–water partition coefficient (Wildman–Crippen LogP) is 18.4. The molecule has 0 fully saturated rings. The van der Waals surface area contributed by atoms with E-state index in [9.17, 15) is 0 Å². The van der Waals surface area contributed by atoms with Gasteiger partial charge in [-0.1, -0.05) is 146 Å². The van der Waals surface area contributed by atoms with Crippen molar-refractivity contribution in [2.24, 2.45) is 0 Å². The third kappa shape index (κ3) is 6.45. The Morgan fingerprint density at radius 1 is 0.263 bits per heavy atom. The zero-order valence-electron chi connectivity index (χ0n) is 39.8. The molecule has 0 spiro atoms. The summed E-state index contributed by atoms with van der Waals surface area (Å²) in [4.78, 5) is 45.5. The van der Waals surface area contributed by atoms with E-state index in [0.717, 1.165) is 85.6 Å². The first-order chi connectivity index (χ1) is 37.6. The van der Waals surface area contributed by atoms with Gasteiger partial charge in [-0.05, 0) is 70.1 Å². The Morgan fingerprint density at radius 2 is 0.579 bits per heavy atom.